The third-order valence-electron chi connectivity index (χ3n) is 3.70. The Labute approximate surface area is 146 Å². The highest BCUT2D eigenvalue weighted by molar-refractivity contribution is 7.85. The van der Waals surface area contributed by atoms with Crippen molar-refractivity contribution in [2.45, 2.75) is 49.6 Å². The molecule has 0 aliphatic heterocycles. The summed E-state index contributed by atoms with van der Waals surface area (Å²) in [5, 5.41) is 9.02. The van der Waals surface area contributed by atoms with E-state index < -0.39 is 56.4 Å². The molecule has 1 atom stereocenters. The van der Waals surface area contributed by atoms with E-state index in [-0.39, 0.29) is 18.2 Å². The molecule has 0 spiro atoms. The zero-order chi connectivity index (χ0) is 20.5. The lowest BCUT2D eigenvalue weighted by Crippen LogP contribution is -2.51. The number of unbranched alkanes of at least 4 members (excludes halogenated alkanes) is 1. The lowest BCUT2D eigenvalue weighted by atomic mass is 9.91. The van der Waals surface area contributed by atoms with Gasteiger partial charge in [0.15, 0.2) is 0 Å². The van der Waals surface area contributed by atoms with E-state index in [9.17, 15) is 39.7 Å². The monoisotopic (exact) mass is 408 g/mol. The van der Waals surface area contributed by atoms with E-state index in [0.717, 1.165) is 6.92 Å². The first kappa shape index (κ1) is 22.4. The SMILES string of the molecule is CCCCS(=O)c1c(C(F)(C(F)(F)F)C(F)(F)F)ccc(C(=O)O)c1C. The molecule has 26 heavy (non-hydrogen) atoms. The summed E-state index contributed by atoms with van der Waals surface area (Å²) in [4.78, 5) is 10.0. The van der Waals surface area contributed by atoms with Crippen LogP contribution >= 0.6 is 0 Å². The number of carbonyl (C=O) groups is 1. The van der Waals surface area contributed by atoms with Crippen molar-refractivity contribution in [3.63, 3.8) is 0 Å². The summed E-state index contributed by atoms with van der Waals surface area (Å²) < 4.78 is 105. The smallest absolute Gasteiger partial charge is 0.435 e. The minimum atomic E-state index is -6.38. The second-order valence-corrected chi connectivity index (χ2v) is 6.98. The third kappa shape index (κ3) is 3.86. The van der Waals surface area contributed by atoms with Gasteiger partial charge >= 0.3 is 24.0 Å². The first-order chi connectivity index (χ1) is 11.7. The van der Waals surface area contributed by atoms with Gasteiger partial charge in [-0.15, -0.1) is 0 Å². The van der Waals surface area contributed by atoms with E-state index in [1.807, 2.05) is 0 Å². The van der Waals surface area contributed by atoms with Crippen LogP contribution in [0.15, 0.2) is 17.0 Å². The normalized spacial score (nSPS) is 14.3. The minimum absolute atomic E-state index is 0.0939. The van der Waals surface area contributed by atoms with Crippen molar-refractivity contribution in [1.29, 1.82) is 0 Å². The maximum absolute atomic E-state index is 14.5. The highest BCUT2D eigenvalue weighted by Gasteiger charge is 2.74. The molecule has 0 heterocycles. The number of carboxylic acid groups (broad SMARTS) is 1. The lowest BCUT2D eigenvalue weighted by molar-refractivity contribution is -0.349. The molecule has 0 fully saturated rings. The molecule has 0 aliphatic carbocycles. The van der Waals surface area contributed by atoms with Crippen LogP contribution in [0.2, 0.25) is 0 Å². The van der Waals surface area contributed by atoms with Crippen LogP contribution in [0.1, 0.15) is 41.3 Å². The van der Waals surface area contributed by atoms with Crippen LogP contribution in [0.5, 0.6) is 0 Å². The molecule has 0 aliphatic rings. The van der Waals surface area contributed by atoms with Crippen molar-refractivity contribution in [1.82, 2.24) is 0 Å². The second kappa shape index (κ2) is 7.53. The molecule has 0 amide bonds. The van der Waals surface area contributed by atoms with Crippen LogP contribution < -0.4 is 0 Å². The fourth-order valence-electron chi connectivity index (χ4n) is 2.33. The fourth-order valence-corrected chi connectivity index (χ4v) is 3.99. The van der Waals surface area contributed by atoms with E-state index in [2.05, 4.69) is 0 Å². The van der Waals surface area contributed by atoms with Crippen LogP contribution in [0.4, 0.5) is 30.7 Å². The quantitative estimate of drug-likeness (QED) is 0.682. The predicted octanol–water partition coefficient (Wildman–Crippen LogP) is 4.89. The molecule has 0 aromatic heterocycles. The number of benzene rings is 1. The zero-order valence-electron chi connectivity index (χ0n) is 13.6. The molecule has 0 saturated heterocycles. The number of rotatable bonds is 6. The van der Waals surface area contributed by atoms with E-state index in [1.54, 1.807) is 6.92 Å². The van der Waals surface area contributed by atoms with Crippen LogP contribution in [0.25, 0.3) is 0 Å². The fraction of sp³-hybridized carbons (Fsp3) is 0.533. The van der Waals surface area contributed by atoms with Gasteiger partial charge in [-0.3, -0.25) is 4.21 Å². The molecule has 0 radical (unpaired) electrons. The number of aromatic carboxylic acids is 1. The molecule has 1 aromatic carbocycles. The Bertz CT molecular complexity index is 696. The van der Waals surface area contributed by atoms with Gasteiger partial charge in [0.1, 0.15) is 0 Å². The average Bonchev–Trinajstić information content (AvgIpc) is 2.48. The van der Waals surface area contributed by atoms with Crippen molar-refractivity contribution in [3.05, 3.63) is 28.8 Å². The van der Waals surface area contributed by atoms with E-state index in [0.29, 0.717) is 12.5 Å². The van der Waals surface area contributed by atoms with Crippen LogP contribution in [-0.4, -0.2) is 33.4 Å². The molecule has 3 nitrogen and oxygen atoms in total. The second-order valence-electron chi connectivity index (χ2n) is 5.48. The summed E-state index contributed by atoms with van der Waals surface area (Å²) in [6.07, 6.45) is -12.2. The maximum Gasteiger partial charge on any atom is 0.435 e. The molecule has 0 saturated carbocycles. The summed E-state index contributed by atoms with van der Waals surface area (Å²) in [5.41, 5.74) is -8.92. The summed E-state index contributed by atoms with van der Waals surface area (Å²) in [5.74, 6) is -1.98. The molecule has 1 rings (SSSR count). The molecular formula is C15H15F7O3S. The lowest BCUT2D eigenvalue weighted by Gasteiger charge is -2.32. The van der Waals surface area contributed by atoms with Gasteiger partial charge in [0, 0.05) is 16.2 Å². The number of hydrogen-bond donors (Lipinski definition) is 1. The topological polar surface area (TPSA) is 54.4 Å². The van der Waals surface area contributed by atoms with Gasteiger partial charge in [-0.1, -0.05) is 19.4 Å². The predicted molar refractivity (Wildman–Crippen MR) is 79.2 cm³/mol. The highest BCUT2D eigenvalue weighted by Crippen LogP contribution is 2.54. The summed E-state index contributed by atoms with van der Waals surface area (Å²) >= 11 is 0. The summed E-state index contributed by atoms with van der Waals surface area (Å²) in [7, 11) is -2.45. The standard InChI is InChI=1S/C15H15F7O3S/c1-3-4-7-26(25)11-8(2)9(12(23)24)5-6-10(11)13(16,14(17,18)19)15(20,21)22/h5-6H,3-4,7H2,1-2H3,(H,23,24). The van der Waals surface area contributed by atoms with Crippen LogP contribution in [-0.2, 0) is 16.5 Å². The van der Waals surface area contributed by atoms with Gasteiger partial charge < -0.3 is 5.11 Å². The average molecular weight is 408 g/mol. The van der Waals surface area contributed by atoms with Gasteiger partial charge in [0.05, 0.1) is 16.4 Å². The van der Waals surface area contributed by atoms with Gasteiger partial charge in [0.2, 0.25) is 0 Å². The van der Waals surface area contributed by atoms with Crippen molar-refractivity contribution in [3.8, 4) is 0 Å². The largest absolute Gasteiger partial charge is 0.478 e. The Morgan fingerprint density at radius 3 is 1.96 bits per heavy atom. The van der Waals surface area contributed by atoms with E-state index in [4.69, 9.17) is 5.11 Å². The van der Waals surface area contributed by atoms with Crippen molar-refractivity contribution >= 4 is 16.8 Å². The molecule has 148 valence electrons. The van der Waals surface area contributed by atoms with Crippen molar-refractivity contribution in [2.75, 3.05) is 5.75 Å². The van der Waals surface area contributed by atoms with Crippen molar-refractivity contribution < 1.29 is 44.8 Å². The van der Waals surface area contributed by atoms with Gasteiger partial charge in [-0.05, 0) is 25.0 Å². The number of alkyl halides is 7. The van der Waals surface area contributed by atoms with Gasteiger partial charge in [0.25, 0.3) is 0 Å². The first-order valence-electron chi connectivity index (χ1n) is 7.28. The first-order valence-corrected chi connectivity index (χ1v) is 8.60. The highest BCUT2D eigenvalue weighted by atomic mass is 32.2. The van der Waals surface area contributed by atoms with E-state index >= 15 is 0 Å². The Balaban J connectivity index is 3.88. The van der Waals surface area contributed by atoms with Crippen LogP contribution in [0, 0.1) is 6.92 Å². The molecule has 0 bridgehead atoms. The molecule has 11 heteroatoms. The number of halogens is 7. The Hall–Kier alpha value is -1.65. The van der Waals surface area contributed by atoms with Gasteiger partial charge in [-0.2, -0.15) is 26.3 Å². The molecule has 1 aromatic rings. The Kier molecular flexibility index (Phi) is 6.49. The number of carboxylic acids is 1. The number of hydrogen-bond acceptors (Lipinski definition) is 2. The summed E-state index contributed by atoms with van der Waals surface area (Å²) in [6.45, 7) is 2.54. The van der Waals surface area contributed by atoms with E-state index in [1.165, 1.54) is 0 Å². The molecule has 1 N–H and O–H groups in total. The van der Waals surface area contributed by atoms with Gasteiger partial charge in [-0.25, -0.2) is 9.18 Å². The minimum Gasteiger partial charge on any atom is -0.478 e. The van der Waals surface area contributed by atoms with Crippen LogP contribution in [0.3, 0.4) is 0 Å². The zero-order valence-corrected chi connectivity index (χ0v) is 14.4. The molecule has 1 unspecified atom stereocenters. The maximum atomic E-state index is 14.5. The molecular weight excluding hydrogens is 393 g/mol. The Morgan fingerprint density at radius 2 is 1.58 bits per heavy atom. The van der Waals surface area contributed by atoms with Crippen molar-refractivity contribution in [2.24, 2.45) is 0 Å². The summed E-state index contributed by atoms with van der Waals surface area (Å²) in [6, 6.07) is 0.538. The Morgan fingerprint density at radius 1 is 1.08 bits per heavy atom. The third-order valence-corrected chi connectivity index (χ3v) is 5.34.